The van der Waals surface area contributed by atoms with Gasteiger partial charge in [-0.05, 0) is 55.2 Å². The Morgan fingerprint density at radius 1 is 1.11 bits per heavy atom. The molecule has 9 nitrogen and oxygen atoms in total. The van der Waals surface area contributed by atoms with E-state index in [1.165, 1.54) is 18.9 Å². The number of carbonyl (C=O) groups excluding carboxylic acids is 2. The molecule has 0 unspecified atom stereocenters. The summed E-state index contributed by atoms with van der Waals surface area (Å²) >= 11 is 7.28. The molecule has 0 radical (unpaired) electrons. The molecule has 0 saturated heterocycles. The van der Waals surface area contributed by atoms with Gasteiger partial charge < -0.3 is 24.7 Å². The van der Waals surface area contributed by atoms with E-state index in [2.05, 4.69) is 34.7 Å². The Labute approximate surface area is 226 Å². The van der Waals surface area contributed by atoms with E-state index < -0.39 is 0 Å². The van der Waals surface area contributed by atoms with Crippen LogP contribution in [-0.4, -0.2) is 46.0 Å². The highest BCUT2D eigenvalue weighted by Crippen LogP contribution is 2.29. The maximum absolute atomic E-state index is 12.5. The number of rotatable bonds is 12. The quantitative estimate of drug-likeness (QED) is 0.314. The van der Waals surface area contributed by atoms with Gasteiger partial charge in [0.15, 0.2) is 17.6 Å². The summed E-state index contributed by atoms with van der Waals surface area (Å²) in [5.41, 5.74) is 2.62. The molecule has 2 amide bonds. The van der Waals surface area contributed by atoms with E-state index in [0.717, 1.165) is 11.1 Å². The zero-order valence-electron chi connectivity index (χ0n) is 21.6. The fourth-order valence-corrected chi connectivity index (χ4v) is 4.58. The first-order valence-electron chi connectivity index (χ1n) is 11.9. The first-order chi connectivity index (χ1) is 17.7. The number of ether oxygens (including phenoxy) is 2. The van der Waals surface area contributed by atoms with Gasteiger partial charge in [-0.3, -0.25) is 9.59 Å². The van der Waals surface area contributed by atoms with Crippen molar-refractivity contribution in [3.63, 3.8) is 0 Å². The lowest BCUT2D eigenvalue weighted by Gasteiger charge is -2.15. The van der Waals surface area contributed by atoms with E-state index in [9.17, 15) is 9.59 Å². The lowest BCUT2D eigenvalue weighted by molar-refractivity contribution is -0.123. The van der Waals surface area contributed by atoms with E-state index in [0.29, 0.717) is 39.7 Å². The number of hydrogen-bond acceptors (Lipinski definition) is 7. The second kappa shape index (κ2) is 13.3. The number of hydrogen-bond donors (Lipinski definition) is 2. The van der Waals surface area contributed by atoms with Crippen LogP contribution in [0.1, 0.15) is 43.6 Å². The van der Waals surface area contributed by atoms with Crippen LogP contribution in [0, 0.1) is 6.92 Å². The normalized spacial score (nSPS) is 10.9. The topological polar surface area (TPSA) is 107 Å². The van der Waals surface area contributed by atoms with Gasteiger partial charge in [0.05, 0.1) is 25.1 Å². The van der Waals surface area contributed by atoms with Crippen molar-refractivity contribution in [2.24, 2.45) is 0 Å². The van der Waals surface area contributed by atoms with E-state index in [4.69, 9.17) is 21.1 Å². The van der Waals surface area contributed by atoms with Gasteiger partial charge in [-0.15, -0.1) is 10.2 Å². The fourth-order valence-electron chi connectivity index (χ4n) is 3.58. The number of carbonyl (C=O) groups is 2. The number of methoxy groups -OCH3 is 1. The lowest BCUT2D eigenvalue weighted by Crippen LogP contribution is -2.29. The molecule has 2 aromatic carbocycles. The maximum Gasteiger partial charge on any atom is 0.258 e. The molecule has 1 heterocycles. The Morgan fingerprint density at radius 3 is 2.59 bits per heavy atom. The monoisotopic (exact) mass is 545 g/mol. The minimum absolute atomic E-state index is 0.0990. The average Bonchev–Trinajstić information content (AvgIpc) is 3.26. The van der Waals surface area contributed by atoms with Crippen molar-refractivity contribution < 1.29 is 19.1 Å². The maximum atomic E-state index is 12.5. The molecule has 2 N–H and O–H groups in total. The lowest BCUT2D eigenvalue weighted by atomic mass is 10.0. The van der Waals surface area contributed by atoms with Crippen LogP contribution in [0.4, 0.5) is 5.69 Å². The van der Waals surface area contributed by atoms with Crippen LogP contribution in [0.25, 0.3) is 0 Å². The van der Waals surface area contributed by atoms with Crippen molar-refractivity contribution in [1.82, 2.24) is 20.1 Å². The molecule has 0 aliphatic heterocycles. The number of aryl methyl sites for hydroxylation is 1. The van der Waals surface area contributed by atoms with Crippen LogP contribution in [0.2, 0.25) is 5.02 Å². The predicted molar refractivity (Wildman–Crippen MR) is 146 cm³/mol. The first kappa shape index (κ1) is 28.3. The molecule has 3 rings (SSSR count). The largest absolute Gasteiger partial charge is 0.495 e. The second-order valence-corrected chi connectivity index (χ2v) is 9.96. The number of halogens is 1. The van der Waals surface area contributed by atoms with Crippen molar-refractivity contribution >= 4 is 40.9 Å². The Balaban J connectivity index is 1.53. The molecular weight excluding hydrogens is 514 g/mol. The SMILES string of the molecule is CCn1c(CNC(=O)COc2cc(C)ccc2C(C)C)nnc1SCC(=O)Nc1cc(Cl)ccc1OC. The number of anilines is 1. The fraction of sp³-hybridized carbons (Fsp3) is 0.385. The highest BCUT2D eigenvalue weighted by atomic mass is 35.5. The zero-order valence-corrected chi connectivity index (χ0v) is 23.2. The molecule has 1 aromatic heterocycles. The van der Waals surface area contributed by atoms with Gasteiger partial charge in [0, 0.05) is 11.6 Å². The highest BCUT2D eigenvalue weighted by Gasteiger charge is 2.16. The Hall–Kier alpha value is -3.24. The van der Waals surface area contributed by atoms with Gasteiger partial charge in [0.25, 0.3) is 5.91 Å². The van der Waals surface area contributed by atoms with Crippen molar-refractivity contribution in [2.75, 3.05) is 24.8 Å². The molecule has 0 saturated carbocycles. The third-order valence-electron chi connectivity index (χ3n) is 5.47. The minimum atomic E-state index is -0.258. The van der Waals surface area contributed by atoms with E-state index in [-0.39, 0.29) is 36.6 Å². The summed E-state index contributed by atoms with van der Waals surface area (Å²) in [5, 5.41) is 15.1. The van der Waals surface area contributed by atoms with Gasteiger partial charge >= 0.3 is 0 Å². The van der Waals surface area contributed by atoms with E-state index in [1.807, 2.05) is 36.6 Å². The molecule has 0 fully saturated rings. The zero-order chi connectivity index (χ0) is 26.9. The number of nitrogens with one attached hydrogen (secondary N) is 2. The third-order valence-corrected chi connectivity index (χ3v) is 6.67. The third kappa shape index (κ3) is 7.87. The minimum Gasteiger partial charge on any atom is -0.495 e. The van der Waals surface area contributed by atoms with Crippen LogP contribution in [-0.2, 0) is 22.7 Å². The van der Waals surface area contributed by atoms with Gasteiger partial charge in [0.2, 0.25) is 5.91 Å². The number of benzene rings is 2. The van der Waals surface area contributed by atoms with Crippen LogP contribution < -0.4 is 20.1 Å². The number of amides is 2. The van der Waals surface area contributed by atoms with Crippen molar-refractivity contribution in [3.05, 3.63) is 58.4 Å². The first-order valence-corrected chi connectivity index (χ1v) is 13.3. The molecule has 11 heteroatoms. The average molecular weight is 546 g/mol. The summed E-state index contributed by atoms with van der Waals surface area (Å²) in [6, 6.07) is 11.0. The molecule has 3 aromatic rings. The van der Waals surface area contributed by atoms with Crippen molar-refractivity contribution in [1.29, 1.82) is 0 Å². The predicted octanol–water partition coefficient (Wildman–Crippen LogP) is 4.82. The standard InChI is InChI=1S/C26H32ClN5O4S/c1-6-32-23(13-28-24(33)14-36-22-11-17(4)7-9-19(22)16(2)3)30-31-26(32)37-15-25(34)29-20-12-18(27)8-10-21(20)35-5/h7-12,16H,6,13-15H2,1-5H3,(H,28,33)(H,29,34). The molecule has 0 aliphatic carbocycles. The van der Waals surface area contributed by atoms with Crippen LogP contribution in [0.3, 0.4) is 0 Å². The molecular formula is C26H32ClN5O4S. The van der Waals surface area contributed by atoms with E-state index >= 15 is 0 Å². The van der Waals surface area contributed by atoms with Gasteiger partial charge in [-0.2, -0.15) is 0 Å². The Bertz CT molecular complexity index is 1250. The summed E-state index contributed by atoms with van der Waals surface area (Å²) in [5.74, 6) is 1.73. The summed E-state index contributed by atoms with van der Waals surface area (Å²) in [6.07, 6.45) is 0. The van der Waals surface area contributed by atoms with Crippen molar-refractivity contribution in [2.45, 2.75) is 51.9 Å². The highest BCUT2D eigenvalue weighted by molar-refractivity contribution is 7.99. The number of nitrogens with zero attached hydrogens (tertiary/aromatic N) is 3. The Kier molecular flexibility index (Phi) is 10.2. The van der Waals surface area contributed by atoms with E-state index in [1.54, 1.807) is 18.2 Å². The summed E-state index contributed by atoms with van der Waals surface area (Å²) in [4.78, 5) is 25.0. The number of aromatic nitrogens is 3. The Morgan fingerprint density at radius 2 is 1.89 bits per heavy atom. The van der Waals surface area contributed by atoms with Crippen LogP contribution in [0.5, 0.6) is 11.5 Å². The second-order valence-electron chi connectivity index (χ2n) is 8.59. The van der Waals surface area contributed by atoms with Gasteiger partial charge in [-0.25, -0.2) is 0 Å². The molecule has 0 bridgehead atoms. The molecule has 0 atom stereocenters. The van der Waals surface area contributed by atoms with Crippen molar-refractivity contribution in [3.8, 4) is 11.5 Å². The molecule has 37 heavy (non-hydrogen) atoms. The molecule has 0 spiro atoms. The van der Waals surface area contributed by atoms with Gasteiger partial charge in [-0.1, -0.05) is 49.3 Å². The molecule has 0 aliphatic rings. The van der Waals surface area contributed by atoms with Crippen LogP contribution >= 0.6 is 23.4 Å². The summed E-state index contributed by atoms with van der Waals surface area (Å²) in [6.45, 7) is 8.79. The molecule has 198 valence electrons. The summed E-state index contributed by atoms with van der Waals surface area (Å²) in [7, 11) is 1.52. The summed E-state index contributed by atoms with van der Waals surface area (Å²) < 4.78 is 12.9. The smallest absolute Gasteiger partial charge is 0.258 e. The number of thioether (sulfide) groups is 1. The van der Waals surface area contributed by atoms with Gasteiger partial charge in [0.1, 0.15) is 11.5 Å². The van der Waals surface area contributed by atoms with Crippen LogP contribution in [0.15, 0.2) is 41.6 Å².